The smallest absolute Gasteiger partial charge is 0.142 e. The molecule has 0 aliphatic carbocycles. The van der Waals surface area contributed by atoms with Gasteiger partial charge in [-0.05, 0) is 63.1 Å². The summed E-state index contributed by atoms with van der Waals surface area (Å²) in [5.74, 6) is 1.96. The lowest BCUT2D eigenvalue weighted by molar-refractivity contribution is 0.250. The number of hydrogen-bond acceptors (Lipinski definition) is 5. The second-order valence-electron chi connectivity index (χ2n) is 8.31. The summed E-state index contributed by atoms with van der Waals surface area (Å²) >= 11 is 0. The van der Waals surface area contributed by atoms with Crippen molar-refractivity contribution in [3.63, 3.8) is 0 Å². The number of aromatic nitrogens is 1. The van der Waals surface area contributed by atoms with E-state index in [1.165, 1.54) is 16.8 Å². The molecule has 1 aliphatic rings. The van der Waals surface area contributed by atoms with Crippen molar-refractivity contribution in [3.05, 3.63) is 65.4 Å². The molecule has 0 unspecified atom stereocenters. The largest absolute Gasteiger partial charge is 0.492 e. The first kappa shape index (κ1) is 21.4. The number of benzene rings is 2. The van der Waals surface area contributed by atoms with Crippen molar-refractivity contribution in [2.45, 2.75) is 33.6 Å². The summed E-state index contributed by atoms with van der Waals surface area (Å²) in [6, 6.07) is 16.9. The van der Waals surface area contributed by atoms with Gasteiger partial charge in [0.05, 0.1) is 12.3 Å². The van der Waals surface area contributed by atoms with Crippen molar-refractivity contribution in [1.29, 1.82) is 0 Å². The van der Waals surface area contributed by atoms with Crippen LogP contribution >= 0.6 is 0 Å². The van der Waals surface area contributed by atoms with E-state index in [9.17, 15) is 0 Å². The Balaban J connectivity index is 1.25. The van der Waals surface area contributed by atoms with Gasteiger partial charge in [0.25, 0.3) is 0 Å². The summed E-state index contributed by atoms with van der Waals surface area (Å²) in [7, 11) is 0. The number of anilines is 1. The average molecular weight is 420 g/mol. The summed E-state index contributed by atoms with van der Waals surface area (Å²) in [6.45, 7) is 12.3. The number of piperazine rings is 1. The molecular formula is C26H33N3O2. The van der Waals surface area contributed by atoms with Crippen molar-refractivity contribution in [2.75, 3.05) is 44.2 Å². The van der Waals surface area contributed by atoms with Gasteiger partial charge >= 0.3 is 0 Å². The molecule has 0 saturated carbocycles. The van der Waals surface area contributed by atoms with Crippen LogP contribution < -0.4 is 9.64 Å². The van der Waals surface area contributed by atoms with Gasteiger partial charge in [0.15, 0.2) is 0 Å². The summed E-state index contributed by atoms with van der Waals surface area (Å²) in [6.07, 6.45) is 2.00. The van der Waals surface area contributed by atoms with Crippen LogP contribution in [0, 0.1) is 13.8 Å². The lowest BCUT2D eigenvalue weighted by atomic mass is 10.0. The van der Waals surface area contributed by atoms with Crippen molar-refractivity contribution in [1.82, 2.24) is 10.1 Å². The number of rotatable bonds is 8. The van der Waals surface area contributed by atoms with Crippen molar-refractivity contribution >= 4 is 5.69 Å². The van der Waals surface area contributed by atoms with Crippen LogP contribution in [0.2, 0.25) is 0 Å². The lowest BCUT2D eigenvalue weighted by Gasteiger charge is -2.36. The minimum atomic E-state index is 0.698. The fourth-order valence-electron chi connectivity index (χ4n) is 4.15. The lowest BCUT2D eigenvalue weighted by Crippen LogP contribution is -2.46. The Morgan fingerprint density at radius 2 is 1.77 bits per heavy atom. The second-order valence-corrected chi connectivity index (χ2v) is 8.31. The van der Waals surface area contributed by atoms with Gasteiger partial charge in [0, 0.05) is 44.2 Å². The molecule has 0 spiro atoms. The average Bonchev–Trinajstić information content (AvgIpc) is 3.26. The van der Waals surface area contributed by atoms with Gasteiger partial charge < -0.3 is 14.2 Å². The molecule has 1 aliphatic heterocycles. The molecule has 3 aromatic rings. The molecule has 164 valence electrons. The van der Waals surface area contributed by atoms with Crippen molar-refractivity contribution < 1.29 is 9.26 Å². The first-order valence-corrected chi connectivity index (χ1v) is 11.4. The van der Waals surface area contributed by atoms with E-state index in [0.29, 0.717) is 6.61 Å². The summed E-state index contributed by atoms with van der Waals surface area (Å²) in [5.41, 5.74) is 5.85. The SMILES string of the molecule is CCOc1ccccc1N1CCN(CCCc2cc(-c3ccc(C)c(C)c3)no2)CC1. The zero-order valence-corrected chi connectivity index (χ0v) is 18.9. The molecule has 1 saturated heterocycles. The van der Waals surface area contributed by atoms with E-state index < -0.39 is 0 Å². The summed E-state index contributed by atoms with van der Waals surface area (Å²) < 4.78 is 11.4. The fourth-order valence-corrected chi connectivity index (χ4v) is 4.15. The summed E-state index contributed by atoms with van der Waals surface area (Å²) in [5, 5.41) is 4.28. The Morgan fingerprint density at radius 3 is 2.55 bits per heavy atom. The van der Waals surface area contributed by atoms with Gasteiger partial charge in [-0.3, -0.25) is 4.90 Å². The Morgan fingerprint density at radius 1 is 0.968 bits per heavy atom. The molecule has 2 aromatic carbocycles. The van der Waals surface area contributed by atoms with Crippen LogP contribution in [-0.2, 0) is 6.42 Å². The number of ether oxygens (including phenoxy) is 1. The topological polar surface area (TPSA) is 41.7 Å². The maximum absolute atomic E-state index is 5.81. The molecule has 5 nitrogen and oxygen atoms in total. The standard InChI is InChI=1S/C26H33N3O2/c1-4-30-26-10-6-5-9-25(26)29-16-14-28(15-17-29)13-7-8-23-19-24(27-31-23)22-12-11-20(2)21(3)18-22/h5-6,9-12,18-19H,4,7-8,13-17H2,1-3H3. The van der Waals surface area contributed by atoms with Gasteiger partial charge in [-0.15, -0.1) is 0 Å². The molecule has 0 radical (unpaired) electrons. The Labute approximate surface area is 185 Å². The Hall–Kier alpha value is -2.79. The quantitative estimate of drug-likeness (QED) is 0.507. The molecule has 2 heterocycles. The van der Waals surface area contributed by atoms with Gasteiger partial charge in [0.2, 0.25) is 0 Å². The number of hydrogen-bond donors (Lipinski definition) is 0. The highest BCUT2D eigenvalue weighted by atomic mass is 16.5. The molecule has 0 N–H and O–H groups in total. The second kappa shape index (κ2) is 10.0. The highest BCUT2D eigenvalue weighted by molar-refractivity contribution is 5.61. The van der Waals surface area contributed by atoms with Crippen LogP contribution in [0.5, 0.6) is 5.75 Å². The monoisotopic (exact) mass is 419 g/mol. The minimum Gasteiger partial charge on any atom is -0.492 e. The highest BCUT2D eigenvalue weighted by Crippen LogP contribution is 2.29. The third kappa shape index (κ3) is 5.28. The van der Waals surface area contributed by atoms with Crippen LogP contribution in [0.25, 0.3) is 11.3 Å². The fraction of sp³-hybridized carbons (Fsp3) is 0.423. The number of aryl methyl sites for hydroxylation is 3. The maximum Gasteiger partial charge on any atom is 0.142 e. The Kier molecular flexibility index (Phi) is 6.92. The Bertz CT molecular complexity index is 990. The highest BCUT2D eigenvalue weighted by Gasteiger charge is 2.19. The number of para-hydroxylation sites is 2. The molecule has 0 bridgehead atoms. The predicted octanol–water partition coefficient (Wildman–Crippen LogP) is 5.11. The van der Waals surface area contributed by atoms with Crippen molar-refractivity contribution in [2.24, 2.45) is 0 Å². The van der Waals surface area contributed by atoms with Gasteiger partial charge in [-0.1, -0.05) is 29.4 Å². The van der Waals surface area contributed by atoms with Gasteiger partial charge in [-0.25, -0.2) is 0 Å². The molecule has 4 rings (SSSR count). The third-order valence-electron chi connectivity index (χ3n) is 6.14. The molecule has 1 fully saturated rings. The molecule has 0 atom stereocenters. The molecule has 31 heavy (non-hydrogen) atoms. The first-order valence-electron chi connectivity index (χ1n) is 11.4. The minimum absolute atomic E-state index is 0.698. The van der Waals surface area contributed by atoms with Crippen LogP contribution in [-0.4, -0.2) is 49.4 Å². The van der Waals surface area contributed by atoms with Crippen LogP contribution in [0.3, 0.4) is 0 Å². The molecular weight excluding hydrogens is 386 g/mol. The van der Waals surface area contributed by atoms with E-state index in [-0.39, 0.29) is 0 Å². The van der Waals surface area contributed by atoms with E-state index in [0.717, 1.165) is 68.3 Å². The van der Waals surface area contributed by atoms with E-state index in [1.54, 1.807) is 0 Å². The predicted molar refractivity (Wildman–Crippen MR) is 126 cm³/mol. The van der Waals surface area contributed by atoms with Crippen LogP contribution in [0.15, 0.2) is 53.1 Å². The molecule has 0 amide bonds. The van der Waals surface area contributed by atoms with E-state index >= 15 is 0 Å². The van der Waals surface area contributed by atoms with Crippen LogP contribution in [0.4, 0.5) is 5.69 Å². The normalized spacial score (nSPS) is 14.7. The maximum atomic E-state index is 5.81. The molecule has 1 aromatic heterocycles. The first-order chi connectivity index (χ1) is 15.1. The zero-order valence-electron chi connectivity index (χ0n) is 18.9. The van der Waals surface area contributed by atoms with E-state index in [1.807, 2.05) is 13.0 Å². The van der Waals surface area contributed by atoms with Gasteiger partial charge in [-0.2, -0.15) is 0 Å². The van der Waals surface area contributed by atoms with Crippen LogP contribution in [0.1, 0.15) is 30.2 Å². The van der Waals surface area contributed by atoms with E-state index in [2.05, 4.69) is 71.3 Å². The zero-order chi connectivity index (χ0) is 21.6. The third-order valence-corrected chi connectivity index (χ3v) is 6.14. The number of nitrogens with zero attached hydrogens (tertiary/aromatic N) is 3. The summed E-state index contributed by atoms with van der Waals surface area (Å²) in [4.78, 5) is 4.98. The van der Waals surface area contributed by atoms with E-state index in [4.69, 9.17) is 9.26 Å². The van der Waals surface area contributed by atoms with Gasteiger partial charge in [0.1, 0.15) is 17.2 Å². The van der Waals surface area contributed by atoms with Crippen molar-refractivity contribution in [3.8, 4) is 17.0 Å². The molecule has 5 heteroatoms.